The van der Waals surface area contributed by atoms with Gasteiger partial charge in [-0.3, -0.25) is 14.5 Å². The average molecular weight is 411 g/mol. The maximum absolute atomic E-state index is 12.7. The van der Waals surface area contributed by atoms with E-state index >= 15 is 0 Å². The Bertz CT molecular complexity index is 896. The van der Waals surface area contributed by atoms with Crippen molar-refractivity contribution in [1.82, 2.24) is 4.90 Å². The monoisotopic (exact) mass is 411 g/mol. The standard InChI is InChI=1S/C22H25N3O5/c1-29-18-11-9-17(10-12-18)24-21(27)19-4-3-13-25(19)14-20(26)23-16-7-5-15(6-8-16)22(28)30-2/h5-12,19H,3-4,13-14H2,1-2H3,(H,23,26)(H,24,27). The molecule has 1 fully saturated rings. The Kier molecular flexibility index (Phi) is 7.03. The number of ether oxygens (including phenoxy) is 2. The Morgan fingerprint density at radius 3 is 2.23 bits per heavy atom. The first-order valence-electron chi connectivity index (χ1n) is 9.67. The number of carbonyl (C=O) groups excluding carboxylic acids is 3. The molecule has 8 nitrogen and oxygen atoms in total. The van der Waals surface area contributed by atoms with E-state index in [1.165, 1.54) is 7.11 Å². The van der Waals surface area contributed by atoms with Crippen molar-refractivity contribution in [2.45, 2.75) is 18.9 Å². The van der Waals surface area contributed by atoms with Crippen LogP contribution in [0, 0.1) is 0 Å². The Hall–Kier alpha value is -3.39. The number of amides is 2. The molecule has 0 aromatic heterocycles. The molecule has 0 spiro atoms. The zero-order chi connectivity index (χ0) is 21.5. The van der Waals surface area contributed by atoms with E-state index in [1.54, 1.807) is 55.6 Å². The van der Waals surface area contributed by atoms with Gasteiger partial charge in [0.1, 0.15) is 5.75 Å². The summed E-state index contributed by atoms with van der Waals surface area (Å²) in [6, 6.07) is 13.2. The molecule has 0 saturated carbocycles. The Morgan fingerprint density at radius 1 is 0.967 bits per heavy atom. The van der Waals surface area contributed by atoms with Crippen molar-refractivity contribution in [3.05, 3.63) is 54.1 Å². The molecule has 1 unspecified atom stereocenters. The highest BCUT2D eigenvalue weighted by atomic mass is 16.5. The minimum Gasteiger partial charge on any atom is -0.497 e. The van der Waals surface area contributed by atoms with Crippen LogP contribution in [-0.2, 0) is 14.3 Å². The summed E-state index contributed by atoms with van der Waals surface area (Å²) in [5.41, 5.74) is 1.67. The van der Waals surface area contributed by atoms with Gasteiger partial charge in [-0.2, -0.15) is 0 Å². The summed E-state index contributed by atoms with van der Waals surface area (Å²) < 4.78 is 9.78. The topological polar surface area (TPSA) is 97.0 Å². The normalized spacial score (nSPS) is 16.0. The summed E-state index contributed by atoms with van der Waals surface area (Å²) >= 11 is 0. The van der Waals surface area contributed by atoms with Gasteiger partial charge in [0, 0.05) is 11.4 Å². The number of hydrogen-bond acceptors (Lipinski definition) is 6. The maximum Gasteiger partial charge on any atom is 0.337 e. The first kappa shape index (κ1) is 21.3. The van der Waals surface area contributed by atoms with Gasteiger partial charge in [0.05, 0.1) is 32.4 Å². The minimum atomic E-state index is -0.435. The number of likely N-dealkylation sites (tertiary alicyclic amines) is 1. The summed E-state index contributed by atoms with van der Waals surface area (Å²) in [5.74, 6) is -0.0692. The van der Waals surface area contributed by atoms with E-state index in [9.17, 15) is 14.4 Å². The van der Waals surface area contributed by atoms with Gasteiger partial charge in [0.25, 0.3) is 0 Å². The van der Waals surface area contributed by atoms with Crippen molar-refractivity contribution in [2.75, 3.05) is 37.9 Å². The maximum atomic E-state index is 12.7. The van der Waals surface area contributed by atoms with Crippen molar-refractivity contribution >= 4 is 29.2 Å². The fourth-order valence-electron chi connectivity index (χ4n) is 3.40. The zero-order valence-corrected chi connectivity index (χ0v) is 17.0. The fourth-order valence-corrected chi connectivity index (χ4v) is 3.40. The van der Waals surface area contributed by atoms with E-state index in [4.69, 9.17) is 4.74 Å². The van der Waals surface area contributed by atoms with Crippen LogP contribution in [0.2, 0.25) is 0 Å². The lowest BCUT2D eigenvalue weighted by atomic mass is 10.2. The van der Waals surface area contributed by atoms with Gasteiger partial charge in [0.15, 0.2) is 0 Å². The SMILES string of the molecule is COC(=O)c1ccc(NC(=O)CN2CCCC2C(=O)Nc2ccc(OC)cc2)cc1. The number of nitrogens with zero attached hydrogens (tertiary/aromatic N) is 1. The predicted molar refractivity (Wildman–Crippen MR) is 113 cm³/mol. The quantitative estimate of drug-likeness (QED) is 0.680. The third kappa shape index (κ3) is 5.36. The molecule has 2 N–H and O–H groups in total. The number of nitrogens with one attached hydrogen (secondary N) is 2. The molecule has 2 aromatic rings. The molecule has 1 heterocycles. The van der Waals surface area contributed by atoms with Gasteiger partial charge >= 0.3 is 5.97 Å². The number of carbonyl (C=O) groups is 3. The first-order chi connectivity index (χ1) is 14.5. The predicted octanol–water partition coefficient (Wildman–Crippen LogP) is 2.52. The highest BCUT2D eigenvalue weighted by Gasteiger charge is 2.32. The number of hydrogen-bond donors (Lipinski definition) is 2. The van der Waals surface area contributed by atoms with Crippen LogP contribution in [0.4, 0.5) is 11.4 Å². The number of methoxy groups -OCH3 is 2. The van der Waals surface area contributed by atoms with Crippen LogP contribution in [0.1, 0.15) is 23.2 Å². The zero-order valence-electron chi connectivity index (χ0n) is 17.0. The van der Waals surface area contributed by atoms with E-state index < -0.39 is 5.97 Å². The molecule has 30 heavy (non-hydrogen) atoms. The van der Waals surface area contributed by atoms with Crippen LogP contribution < -0.4 is 15.4 Å². The molecule has 1 aliphatic heterocycles. The Morgan fingerprint density at radius 2 is 1.60 bits per heavy atom. The van der Waals surface area contributed by atoms with Crippen LogP contribution in [-0.4, -0.2) is 56.0 Å². The van der Waals surface area contributed by atoms with Crippen LogP contribution in [0.5, 0.6) is 5.75 Å². The van der Waals surface area contributed by atoms with Gasteiger partial charge in [-0.05, 0) is 67.9 Å². The van der Waals surface area contributed by atoms with Gasteiger partial charge in [0.2, 0.25) is 11.8 Å². The summed E-state index contributed by atoms with van der Waals surface area (Å²) in [6.45, 7) is 0.787. The smallest absolute Gasteiger partial charge is 0.337 e. The molecule has 0 radical (unpaired) electrons. The Balaban J connectivity index is 1.55. The lowest BCUT2D eigenvalue weighted by Crippen LogP contribution is -2.43. The molecule has 1 saturated heterocycles. The second-order valence-electron chi connectivity index (χ2n) is 6.96. The highest BCUT2D eigenvalue weighted by Crippen LogP contribution is 2.21. The molecule has 0 bridgehead atoms. The van der Waals surface area contributed by atoms with E-state index in [0.29, 0.717) is 35.7 Å². The van der Waals surface area contributed by atoms with Crippen LogP contribution >= 0.6 is 0 Å². The lowest BCUT2D eigenvalue weighted by Gasteiger charge is -2.23. The van der Waals surface area contributed by atoms with Gasteiger partial charge in [-0.15, -0.1) is 0 Å². The average Bonchev–Trinajstić information content (AvgIpc) is 3.22. The fraction of sp³-hybridized carbons (Fsp3) is 0.318. The van der Waals surface area contributed by atoms with E-state index in [2.05, 4.69) is 15.4 Å². The van der Waals surface area contributed by atoms with E-state index in [0.717, 1.165) is 6.42 Å². The third-order valence-corrected chi connectivity index (χ3v) is 4.96. The number of esters is 1. The molecule has 3 rings (SSSR count). The van der Waals surface area contributed by atoms with Gasteiger partial charge in [-0.1, -0.05) is 0 Å². The van der Waals surface area contributed by atoms with Gasteiger partial charge in [-0.25, -0.2) is 4.79 Å². The molecule has 158 valence electrons. The summed E-state index contributed by atoms with van der Waals surface area (Å²) in [6.07, 6.45) is 1.55. The van der Waals surface area contributed by atoms with Crippen molar-refractivity contribution < 1.29 is 23.9 Å². The highest BCUT2D eigenvalue weighted by molar-refractivity contribution is 5.97. The van der Waals surface area contributed by atoms with Crippen molar-refractivity contribution in [2.24, 2.45) is 0 Å². The summed E-state index contributed by atoms with van der Waals surface area (Å²) in [5, 5.41) is 5.70. The van der Waals surface area contributed by atoms with Gasteiger partial charge < -0.3 is 20.1 Å². The molecule has 2 amide bonds. The molecule has 0 aliphatic carbocycles. The largest absolute Gasteiger partial charge is 0.497 e. The number of anilines is 2. The lowest BCUT2D eigenvalue weighted by molar-refractivity contribution is -0.122. The molecule has 8 heteroatoms. The summed E-state index contributed by atoms with van der Waals surface area (Å²) in [4.78, 5) is 38.5. The minimum absolute atomic E-state index is 0.111. The second-order valence-corrected chi connectivity index (χ2v) is 6.96. The molecule has 1 atom stereocenters. The number of rotatable bonds is 7. The molecule has 1 aliphatic rings. The molecule has 2 aromatic carbocycles. The Labute approximate surface area is 175 Å². The third-order valence-electron chi connectivity index (χ3n) is 4.96. The van der Waals surface area contributed by atoms with Crippen molar-refractivity contribution in [3.63, 3.8) is 0 Å². The molecular weight excluding hydrogens is 386 g/mol. The van der Waals surface area contributed by atoms with Crippen molar-refractivity contribution in [3.8, 4) is 5.75 Å². The second kappa shape index (κ2) is 9.89. The van der Waals surface area contributed by atoms with E-state index in [1.807, 2.05) is 4.90 Å². The van der Waals surface area contributed by atoms with E-state index in [-0.39, 0.29) is 24.4 Å². The van der Waals surface area contributed by atoms with Crippen LogP contribution in [0.15, 0.2) is 48.5 Å². The van der Waals surface area contributed by atoms with Crippen LogP contribution in [0.3, 0.4) is 0 Å². The number of benzene rings is 2. The molecular formula is C22H25N3O5. The van der Waals surface area contributed by atoms with Crippen molar-refractivity contribution in [1.29, 1.82) is 0 Å². The van der Waals surface area contributed by atoms with Crippen LogP contribution in [0.25, 0.3) is 0 Å². The summed E-state index contributed by atoms with van der Waals surface area (Å²) in [7, 11) is 2.90. The first-order valence-corrected chi connectivity index (χ1v) is 9.67.